The molecule has 4 aromatic rings. The molecule has 56 heavy (non-hydrogen) atoms. The highest BCUT2D eigenvalue weighted by Crippen LogP contribution is 2.48. The van der Waals surface area contributed by atoms with Crippen LogP contribution in [0, 0.1) is 0 Å². The minimum absolute atomic E-state index is 0.0152. The van der Waals surface area contributed by atoms with E-state index in [0.29, 0.717) is 67.9 Å². The van der Waals surface area contributed by atoms with E-state index in [2.05, 4.69) is 15.2 Å². The van der Waals surface area contributed by atoms with E-state index < -0.39 is 23.7 Å². The third-order valence-corrected chi connectivity index (χ3v) is 10.6. The van der Waals surface area contributed by atoms with Crippen LogP contribution < -0.4 is 19.5 Å². The second-order valence-electron chi connectivity index (χ2n) is 14.6. The lowest BCUT2D eigenvalue weighted by Crippen LogP contribution is -2.44. The fourth-order valence-corrected chi connectivity index (χ4v) is 7.71. The summed E-state index contributed by atoms with van der Waals surface area (Å²) in [4.78, 5) is 50.5. The molecule has 2 aliphatic rings. The van der Waals surface area contributed by atoms with Gasteiger partial charge in [-0.15, -0.1) is 0 Å². The van der Waals surface area contributed by atoms with Crippen molar-refractivity contribution in [3.63, 3.8) is 0 Å². The van der Waals surface area contributed by atoms with Gasteiger partial charge in [0.15, 0.2) is 11.5 Å². The standard InChI is InChI=1S/C43H52N4O9/c1-26-11-10-14-30(48)13-7-5-6-12-27-21-34(49)40(41(51)39(27)43(52)56-26)31(28-22-35(53-2)42(55-4)36(23-28)54-3)24-38(50)44-29-17-19-47(20-18-29)25-37-45-32-15-8-9-16-33(32)46-37/h6,8-9,12,15-16,21-23,26,29,31,49,51H,5,7,10-11,13-14,17-20,24-25H2,1-4H3,(H,44,50)(H,45,46)/t26-,31?/m0/s1. The number of aromatic amines is 1. The van der Waals surface area contributed by atoms with Crippen molar-refractivity contribution in [2.24, 2.45) is 0 Å². The van der Waals surface area contributed by atoms with Gasteiger partial charge in [-0.05, 0) is 86.9 Å². The van der Waals surface area contributed by atoms with Crippen LogP contribution in [0.1, 0.15) is 104 Å². The fraction of sp³-hybridized carbons (Fsp3) is 0.442. The van der Waals surface area contributed by atoms with E-state index in [1.165, 1.54) is 27.4 Å². The molecule has 0 radical (unpaired) electrons. The van der Waals surface area contributed by atoms with Crippen molar-refractivity contribution in [3.8, 4) is 28.7 Å². The van der Waals surface area contributed by atoms with Crippen LogP contribution in [0.2, 0.25) is 0 Å². The number of fused-ring (bicyclic) bond motifs is 2. The number of carbonyl (C=O) groups is 3. The number of likely N-dealkylation sites (tertiary alicyclic amines) is 1. The molecule has 13 nitrogen and oxygen atoms in total. The quantitative estimate of drug-likeness (QED) is 0.125. The Labute approximate surface area is 327 Å². The normalized spacial score (nSPS) is 18.1. The molecular weight excluding hydrogens is 716 g/mol. The Hall–Kier alpha value is -5.56. The van der Waals surface area contributed by atoms with E-state index in [1.54, 1.807) is 31.2 Å². The van der Waals surface area contributed by atoms with Crippen LogP contribution in [0.3, 0.4) is 0 Å². The lowest BCUT2D eigenvalue weighted by atomic mass is 9.84. The molecule has 0 aliphatic carbocycles. The van der Waals surface area contributed by atoms with Crippen molar-refractivity contribution >= 4 is 34.8 Å². The summed E-state index contributed by atoms with van der Waals surface area (Å²) in [6.45, 7) is 3.93. The Kier molecular flexibility index (Phi) is 13.2. The van der Waals surface area contributed by atoms with Gasteiger partial charge in [0.25, 0.3) is 0 Å². The first kappa shape index (κ1) is 40.1. The third-order valence-electron chi connectivity index (χ3n) is 10.6. The number of hydrogen-bond acceptors (Lipinski definition) is 11. The molecule has 3 aromatic carbocycles. The molecule has 1 aromatic heterocycles. The number of para-hydroxylation sites is 2. The highest BCUT2D eigenvalue weighted by molar-refractivity contribution is 5.98. The van der Waals surface area contributed by atoms with Crippen LogP contribution in [-0.4, -0.2) is 89.3 Å². The number of hydrogen-bond donors (Lipinski definition) is 4. The van der Waals surface area contributed by atoms with E-state index in [9.17, 15) is 24.6 Å². The monoisotopic (exact) mass is 768 g/mol. The van der Waals surface area contributed by atoms with E-state index in [0.717, 1.165) is 42.8 Å². The SMILES string of the molecule is COc1cc(C(CC(=O)NC2CCN(Cc3nc4ccccc4[nH]3)CC2)c2c(O)cc3c(c2O)C(=O)O[C@@H](C)CCCC(=O)CCCC=C3)cc(OC)c1OC. The molecule has 13 heteroatoms. The number of amides is 1. The number of cyclic esters (lactones) is 1. The molecule has 0 saturated carbocycles. The van der Waals surface area contributed by atoms with Crippen molar-refractivity contribution in [2.45, 2.75) is 89.3 Å². The number of methoxy groups -OCH3 is 3. The van der Waals surface area contributed by atoms with Gasteiger partial charge < -0.3 is 39.5 Å². The van der Waals surface area contributed by atoms with Crippen LogP contribution in [-0.2, 0) is 20.9 Å². The molecule has 1 amide bonds. The van der Waals surface area contributed by atoms with E-state index in [1.807, 2.05) is 24.3 Å². The summed E-state index contributed by atoms with van der Waals surface area (Å²) >= 11 is 0. The smallest absolute Gasteiger partial charge is 0.342 e. The van der Waals surface area contributed by atoms with Crippen molar-refractivity contribution in [1.82, 2.24) is 20.2 Å². The predicted octanol–water partition coefficient (Wildman–Crippen LogP) is 6.78. The van der Waals surface area contributed by atoms with Gasteiger partial charge in [0.1, 0.15) is 28.7 Å². The minimum Gasteiger partial charge on any atom is -0.507 e. The lowest BCUT2D eigenvalue weighted by Gasteiger charge is -2.32. The summed E-state index contributed by atoms with van der Waals surface area (Å²) in [5.74, 6) is -0.818. The number of Topliss-reactive ketones (excluding diaryl/α,β-unsaturated/α-hetero) is 1. The number of aromatic hydroxyl groups is 2. The Bertz CT molecular complexity index is 2010. The first-order valence-electron chi connectivity index (χ1n) is 19.3. The van der Waals surface area contributed by atoms with Crippen LogP contribution >= 0.6 is 0 Å². The number of carbonyl (C=O) groups excluding carboxylic acids is 3. The molecule has 3 heterocycles. The number of ketones is 1. The highest BCUT2D eigenvalue weighted by Gasteiger charge is 2.33. The number of esters is 1. The maximum Gasteiger partial charge on any atom is 0.342 e. The van der Waals surface area contributed by atoms with Gasteiger partial charge in [-0.1, -0.05) is 24.3 Å². The number of phenolic OH excluding ortho intramolecular Hbond substituents is 2. The van der Waals surface area contributed by atoms with E-state index in [-0.39, 0.29) is 46.6 Å². The number of nitrogens with zero attached hydrogens (tertiary/aromatic N) is 2. The highest BCUT2D eigenvalue weighted by atomic mass is 16.5. The van der Waals surface area contributed by atoms with Crippen LogP contribution in [0.25, 0.3) is 17.1 Å². The summed E-state index contributed by atoms with van der Waals surface area (Å²) in [6.07, 6.45) is 7.27. The Balaban J connectivity index is 1.29. The number of rotatable bonds is 10. The second kappa shape index (κ2) is 18.4. The zero-order chi connectivity index (χ0) is 39.8. The van der Waals surface area contributed by atoms with Gasteiger partial charge in [-0.25, -0.2) is 9.78 Å². The number of allylic oxidation sites excluding steroid dienone is 1. The number of ether oxygens (including phenoxy) is 4. The zero-order valence-corrected chi connectivity index (χ0v) is 32.6. The second-order valence-corrected chi connectivity index (χ2v) is 14.6. The van der Waals surface area contributed by atoms with Gasteiger partial charge in [0.2, 0.25) is 11.7 Å². The summed E-state index contributed by atoms with van der Waals surface area (Å²) in [6, 6.07) is 12.6. The van der Waals surface area contributed by atoms with E-state index in [4.69, 9.17) is 23.9 Å². The molecule has 2 aliphatic heterocycles. The number of nitrogens with one attached hydrogen (secondary N) is 2. The van der Waals surface area contributed by atoms with Crippen LogP contribution in [0.15, 0.2) is 48.5 Å². The molecule has 6 rings (SSSR count). The molecule has 4 N–H and O–H groups in total. The van der Waals surface area contributed by atoms with Crippen molar-refractivity contribution in [3.05, 3.63) is 76.6 Å². The number of imidazole rings is 1. The van der Waals surface area contributed by atoms with Crippen molar-refractivity contribution < 1.29 is 43.5 Å². The Morgan fingerprint density at radius 2 is 1.71 bits per heavy atom. The number of benzene rings is 3. The van der Waals surface area contributed by atoms with Crippen molar-refractivity contribution in [1.29, 1.82) is 0 Å². The predicted molar refractivity (Wildman–Crippen MR) is 211 cm³/mol. The number of aromatic nitrogens is 2. The molecule has 1 unspecified atom stereocenters. The summed E-state index contributed by atoms with van der Waals surface area (Å²) in [7, 11) is 4.43. The van der Waals surface area contributed by atoms with Gasteiger partial charge in [-0.2, -0.15) is 0 Å². The fourth-order valence-electron chi connectivity index (χ4n) is 7.71. The lowest BCUT2D eigenvalue weighted by molar-refractivity contribution is -0.122. The van der Waals surface area contributed by atoms with Crippen LogP contribution in [0.4, 0.5) is 0 Å². The maximum atomic E-state index is 14.0. The zero-order valence-electron chi connectivity index (χ0n) is 32.6. The topological polar surface area (TPSA) is 173 Å². The summed E-state index contributed by atoms with van der Waals surface area (Å²) in [5.41, 5.74) is 2.52. The van der Waals surface area contributed by atoms with E-state index >= 15 is 0 Å². The number of phenols is 2. The van der Waals surface area contributed by atoms with Gasteiger partial charge in [-0.3, -0.25) is 14.5 Å². The molecule has 2 atom stereocenters. The van der Waals surface area contributed by atoms with Gasteiger partial charge in [0, 0.05) is 49.9 Å². The largest absolute Gasteiger partial charge is 0.507 e. The molecule has 1 saturated heterocycles. The minimum atomic E-state index is -0.963. The number of piperidine rings is 1. The third kappa shape index (κ3) is 9.44. The summed E-state index contributed by atoms with van der Waals surface area (Å²) < 4.78 is 22.6. The first-order valence-corrected chi connectivity index (χ1v) is 19.3. The Morgan fingerprint density at radius 3 is 2.41 bits per heavy atom. The summed E-state index contributed by atoms with van der Waals surface area (Å²) in [5, 5.41) is 26.9. The average Bonchev–Trinajstić information content (AvgIpc) is 3.59. The molecular formula is C43H52N4O9. The first-order chi connectivity index (χ1) is 27.1. The molecule has 0 bridgehead atoms. The Morgan fingerprint density at radius 1 is 1.00 bits per heavy atom. The molecule has 0 spiro atoms. The van der Waals surface area contributed by atoms with Crippen LogP contribution in [0.5, 0.6) is 28.7 Å². The van der Waals surface area contributed by atoms with Gasteiger partial charge >= 0.3 is 5.97 Å². The van der Waals surface area contributed by atoms with Crippen molar-refractivity contribution in [2.75, 3.05) is 34.4 Å². The maximum absolute atomic E-state index is 14.0. The molecule has 298 valence electrons. The number of H-pyrrole nitrogens is 1. The van der Waals surface area contributed by atoms with Gasteiger partial charge in [0.05, 0.1) is 45.0 Å². The molecule has 1 fully saturated rings. The average molecular weight is 769 g/mol.